The zero-order valence-electron chi connectivity index (χ0n) is 15.0. The van der Waals surface area contributed by atoms with Crippen LogP contribution in [0.2, 0.25) is 0 Å². The molecule has 1 aliphatic carbocycles. The van der Waals surface area contributed by atoms with E-state index in [2.05, 4.69) is 31.6 Å². The van der Waals surface area contributed by atoms with E-state index in [1.807, 2.05) is 24.3 Å². The fourth-order valence-corrected chi connectivity index (χ4v) is 4.40. The fourth-order valence-electron chi connectivity index (χ4n) is 3.55. The van der Waals surface area contributed by atoms with Gasteiger partial charge in [-0.15, -0.1) is 10.2 Å². The molecule has 3 aromatic rings. The average Bonchev–Trinajstić information content (AvgIpc) is 3.27. The molecule has 6 nitrogen and oxygen atoms in total. The lowest BCUT2D eigenvalue weighted by Crippen LogP contribution is -2.34. The first kappa shape index (κ1) is 16.2. The van der Waals surface area contributed by atoms with E-state index in [1.165, 1.54) is 25.7 Å². The molecule has 136 valence electrons. The highest BCUT2D eigenvalue weighted by Crippen LogP contribution is 2.42. The summed E-state index contributed by atoms with van der Waals surface area (Å²) in [7, 11) is 0. The number of hydrogen-bond donors (Lipinski definition) is 0. The summed E-state index contributed by atoms with van der Waals surface area (Å²) >= 11 is 1.68. The third kappa shape index (κ3) is 3.09. The number of aromatic nitrogens is 4. The van der Waals surface area contributed by atoms with Crippen molar-refractivity contribution in [3.05, 3.63) is 30.2 Å². The lowest BCUT2D eigenvalue weighted by molar-refractivity contribution is 0.429. The molecule has 1 aromatic carbocycles. The van der Waals surface area contributed by atoms with Gasteiger partial charge in [0.25, 0.3) is 0 Å². The van der Waals surface area contributed by atoms with Gasteiger partial charge < -0.3 is 9.32 Å². The molecular formula is C19H23N5OS. The highest BCUT2D eigenvalue weighted by atomic mass is 32.2. The van der Waals surface area contributed by atoms with E-state index < -0.39 is 0 Å². The number of anilines is 1. The molecule has 1 saturated carbocycles. The number of oxazole rings is 1. The van der Waals surface area contributed by atoms with Crippen molar-refractivity contribution in [2.75, 3.05) is 18.0 Å². The van der Waals surface area contributed by atoms with Crippen LogP contribution in [0.25, 0.3) is 11.1 Å². The number of rotatable bonds is 5. The molecule has 0 radical (unpaired) electrons. The Labute approximate surface area is 157 Å². The maximum atomic E-state index is 5.84. The summed E-state index contributed by atoms with van der Waals surface area (Å²) in [5.74, 6) is 3.29. The number of para-hydroxylation sites is 2. The predicted molar refractivity (Wildman–Crippen MR) is 102 cm³/mol. The van der Waals surface area contributed by atoms with E-state index in [9.17, 15) is 0 Å². The van der Waals surface area contributed by atoms with Gasteiger partial charge in [-0.25, -0.2) is 4.98 Å². The van der Waals surface area contributed by atoms with Crippen LogP contribution >= 0.6 is 11.8 Å². The molecule has 0 atom stereocenters. The van der Waals surface area contributed by atoms with Gasteiger partial charge in [-0.3, -0.25) is 4.57 Å². The van der Waals surface area contributed by atoms with E-state index in [-0.39, 0.29) is 0 Å². The molecule has 0 bridgehead atoms. The van der Waals surface area contributed by atoms with Crippen LogP contribution in [0.3, 0.4) is 0 Å². The fraction of sp³-hybridized carbons (Fsp3) is 0.526. The van der Waals surface area contributed by atoms with E-state index in [4.69, 9.17) is 4.42 Å². The molecule has 1 aliphatic heterocycles. The van der Waals surface area contributed by atoms with Crippen LogP contribution in [-0.2, 0) is 5.75 Å². The summed E-state index contributed by atoms with van der Waals surface area (Å²) in [5.41, 5.74) is 1.75. The van der Waals surface area contributed by atoms with Crippen molar-refractivity contribution in [2.45, 2.75) is 49.6 Å². The summed E-state index contributed by atoms with van der Waals surface area (Å²) < 4.78 is 8.19. The van der Waals surface area contributed by atoms with Crippen molar-refractivity contribution in [1.29, 1.82) is 0 Å². The average molecular weight is 369 g/mol. The molecule has 2 aliphatic rings. The minimum Gasteiger partial charge on any atom is -0.440 e. The Balaban J connectivity index is 1.35. The quantitative estimate of drug-likeness (QED) is 0.626. The van der Waals surface area contributed by atoms with Gasteiger partial charge in [0.1, 0.15) is 5.52 Å². The van der Waals surface area contributed by atoms with E-state index >= 15 is 0 Å². The minimum atomic E-state index is 0.561. The van der Waals surface area contributed by atoms with Crippen LogP contribution in [0.5, 0.6) is 0 Å². The van der Waals surface area contributed by atoms with E-state index in [0.717, 1.165) is 47.1 Å². The van der Waals surface area contributed by atoms with Crippen molar-refractivity contribution >= 4 is 28.8 Å². The summed E-state index contributed by atoms with van der Waals surface area (Å²) in [5, 5.41) is 10.0. The molecule has 26 heavy (non-hydrogen) atoms. The molecule has 7 heteroatoms. The van der Waals surface area contributed by atoms with Crippen molar-refractivity contribution in [2.24, 2.45) is 5.92 Å². The lowest BCUT2D eigenvalue weighted by atomic mass is 10.00. The van der Waals surface area contributed by atoms with Crippen LogP contribution in [0.1, 0.15) is 44.5 Å². The number of thioether (sulfide) groups is 1. The van der Waals surface area contributed by atoms with Crippen LogP contribution in [0, 0.1) is 5.92 Å². The molecule has 5 rings (SSSR count). The summed E-state index contributed by atoms with van der Waals surface area (Å²) in [6, 6.07) is 8.45. The lowest BCUT2D eigenvalue weighted by Gasteiger charge is -2.31. The smallest absolute Gasteiger partial charge is 0.228 e. The van der Waals surface area contributed by atoms with Gasteiger partial charge in [-0.05, 0) is 43.7 Å². The zero-order chi connectivity index (χ0) is 17.5. The second kappa shape index (κ2) is 6.61. The molecule has 2 aromatic heterocycles. The highest BCUT2D eigenvalue weighted by molar-refractivity contribution is 7.98. The Bertz CT molecular complexity index is 875. The molecule has 0 amide bonds. The monoisotopic (exact) mass is 369 g/mol. The van der Waals surface area contributed by atoms with Gasteiger partial charge in [0.05, 0.1) is 5.75 Å². The molecule has 0 unspecified atom stereocenters. The van der Waals surface area contributed by atoms with Crippen LogP contribution in [0.15, 0.2) is 33.8 Å². The number of hydrogen-bond acceptors (Lipinski definition) is 6. The van der Waals surface area contributed by atoms with Gasteiger partial charge in [0.15, 0.2) is 10.7 Å². The molecule has 1 saturated heterocycles. The number of benzene rings is 1. The number of fused-ring (bicyclic) bond motifs is 1. The number of nitrogens with zero attached hydrogens (tertiary/aromatic N) is 5. The number of piperidine rings is 1. The van der Waals surface area contributed by atoms with Crippen LogP contribution in [0.4, 0.5) is 5.95 Å². The second-order valence-corrected chi connectivity index (χ2v) is 8.36. The molecule has 0 spiro atoms. The van der Waals surface area contributed by atoms with Gasteiger partial charge in [-0.2, -0.15) is 0 Å². The maximum Gasteiger partial charge on any atom is 0.228 e. The highest BCUT2D eigenvalue weighted by Gasteiger charge is 2.32. The van der Waals surface area contributed by atoms with Crippen LogP contribution < -0.4 is 4.90 Å². The van der Waals surface area contributed by atoms with Crippen molar-refractivity contribution in [3.63, 3.8) is 0 Å². The minimum absolute atomic E-state index is 0.561. The maximum absolute atomic E-state index is 5.84. The Hall–Kier alpha value is -2.02. The Kier molecular flexibility index (Phi) is 4.11. The summed E-state index contributed by atoms with van der Waals surface area (Å²) in [6.45, 7) is 4.51. The van der Waals surface area contributed by atoms with Crippen molar-refractivity contribution in [1.82, 2.24) is 19.7 Å². The predicted octanol–water partition coefficient (Wildman–Crippen LogP) is 4.28. The van der Waals surface area contributed by atoms with Gasteiger partial charge >= 0.3 is 0 Å². The first-order valence-electron chi connectivity index (χ1n) is 9.45. The molecular weight excluding hydrogens is 346 g/mol. The van der Waals surface area contributed by atoms with E-state index in [0.29, 0.717) is 11.8 Å². The third-order valence-electron chi connectivity index (χ3n) is 5.29. The van der Waals surface area contributed by atoms with Gasteiger partial charge in [0, 0.05) is 19.1 Å². The molecule has 0 N–H and O–H groups in total. The summed E-state index contributed by atoms with van der Waals surface area (Å²) in [4.78, 5) is 6.98. The third-order valence-corrected chi connectivity index (χ3v) is 6.22. The second-order valence-electron chi connectivity index (χ2n) is 7.42. The Morgan fingerprint density at radius 1 is 1.12 bits per heavy atom. The Morgan fingerprint density at radius 3 is 2.69 bits per heavy atom. The SMILES string of the molecule is CC1CCN(c2nnc(SCc3nc4ccccc4o3)n2C2CC2)CC1. The summed E-state index contributed by atoms with van der Waals surface area (Å²) in [6.07, 6.45) is 4.93. The standard InChI is InChI=1S/C19H23N5OS/c1-13-8-10-23(11-9-13)18-21-22-19(24(18)14-6-7-14)26-12-17-20-15-4-2-3-5-16(15)25-17/h2-5,13-14H,6-12H2,1H3. The van der Waals surface area contributed by atoms with E-state index in [1.54, 1.807) is 11.8 Å². The largest absolute Gasteiger partial charge is 0.440 e. The molecule has 3 heterocycles. The normalized spacial score (nSPS) is 18.7. The van der Waals surface area contributed by atoms with Gasteiger partial charge in [-0.1, -0.05) is 30.8 Å². The molecule has 2 fully saturated rings. The van der Waals surface area contributed by atoms with Crippen molar-refractivity contribution in [3.8, 4) is 0 Å². The Morgan fingerprint density at radius 2 is 1.92 bits per heavy atom. The topological polar surface area (TPSA) is 60.0 Å². The van der Waals surface area contributed by atoms with Crippen molar-refractivity contribution < 1.29 is 4.42 Å². The zero-order valence-corrected chi connectivity index (χ0v) is 15.8. The first-order valence-corrected chi connectivity index (χ1v) is 10.4. The van der Waals surface area contributed by atoms with Gasteiger partial charge in [0.2, 0.25) is 11.8 Å². The van der Waals surface area contributed by atoms with Crippen LogP contribution in [-0.4, -0.2) is 32.8 Å². The first-order chi connectivity index (χ1) is 12.8.